The summed E-state index contributed by atoms with van der Waals surface area (Å²) in [5.41, 5.74) is 2.99. The monoisotopic (exact) mass is 385 g/mol. The average Bonchev–Trinajstić information content (AvgIpc) is 3.24. The summed E-state index contributed by atoms with van der Waals surface area (Å²) in [7, 11) is 1.62. The van der Waals surface area contributed by atoms with Crippen molar-refractivity contribution in [3.8, 4) is 17.5 Å². The van der Waals surface area contributed by atoms with Gasteiger partial charge in [0.25, 0.3) is 5.91 Å². The van der Waals surface area contributed by atoms with E-state index in [0.717, 1.165) is 30.0 Å². The molecule has 0 unspecified atom stereocenters. The number of methoxy groups -OCH3 is 1. The zero-order chi connectivity index (χ0) is 20.5. The predicted molar refractivity (Wildman–Crippen MR) is 114 cm³/mol. The standard InChI is InChI=1S/C24H23N3O2/c1-29-23-13-11-21(12-14-23)27-16-6-10-22(27)17-20(18-25)24(28)26-15-5-9-19-7-3-2-4-8-19/h2-4,6-8,10-14,16-17H,5,9,15H2,1H3,(H,26,28)/b20-17-. The van der Waals surface area contributed by atoms with Gasteiger partial charge >= 0.3 is 0 Å². The molecule has 1 N–H and O–H groups in total. The molecule has 0 bridgehead atoms. The van der Waals surface area contributed by atoms with E-state index in [1.165, 1.54) is 5.56 Å². The number of aromatic nitrogens is 1. The Balaban J connectivity index is 1.64. The highest BCUT2D eigenvalue weighted by atomic mass is 16.5. The number of aryl methyl sites for hydroxylation is 1. The molecule has 0 saturated carbocycles. The second-order valence-electron chi connectivity index (χ2n) is 6.52. The topological polar surface area (TPSA) is 67.0 Å². The molecular formula is C24H23N3O2. The smallest absolute Gasteiger partial charge is 0.262 e. The summed E-state index contributed by atoms with van der Waals surface area (Å²) in [6.45, 7) is 0.520. The molecular weight excluding hydrogens is 362 g/mol. The Hall–Kier alpha value is -3.78. The van der Waals surface area contributed by atoms with Crippen molar-refractivity contribution in [3.63, 3.8) is 0 Å². The molecule has 0 aliphatic carbocycles. The first-order valence-electron chi connectivity index (χ1n) is 9.47. The molecule has 1 aromatic heterocycles. The summed E-state index contributed by atoms with van der Waals surface area (Å²) in [6.07, 6.45) is 5.20. The maximum atomic E-state index is 12.4. The van der Waals surface area contributed by atoms with Crippen molar-refractivity contribution >= 4 is 12.0 Å². The molecule has 5 nitrogen and oxygen atoms in total. The number of rotatable bonds is 8. The summed E-state index contributed by atoms with van der Waals surface area (Å²) >= 11 is 0. The van der Waals surface area contributed by atoms with Crippen LogP contribution in [0.15, 0.2) is 78.5 Å². The third-order valence-electron chi connectivity index (χ3n) is 4.56. The van der Waals surface area contributed by atoms with E-state index in [1.54, 1.807) is 13.2 Å². The Morgan fingerprint density at radius 2 is 1.86 bits per heavy atom. The van der Waals surface area contributed by atoms with Crippen LogP contribution >= 0.6 is 0 Å². The van der Waals surface area contributed by atoms with Gasteiger partial charge in [-0.3, -0.25) is 4.79 Å². The van der Waals surface area contributed by atoms with Crippen LogP contribution in [0.3, 0.4) is 0 Å². The number of ether oxygens (including phenoxy) is 1. The van der Waals surface area contributed by atoms with Gasteiger partial charge < -0.3 is 14.6 Å². The fourth-order valence-corrected chi connectivity index (χ4v) is 3.02. The van der Waals surface area contributed by atoms with Crippen LogP contribution in [-0.2, 0) is 11.2 Å². The molecule has 1 heterocycles. The van der Waals surface area contributed by atoms with Gasteiger partial charge in [-0.25, -0.2) is 0 Å². The number of nitrogens with zero attached hydrogens (tertiary/aromatic N) is 2. The van der Waals surface area contributed by atoms with Crippen LogP contribution in [0.5, 0.6) is 5.75 Å². The van der Waals surface area contributed by atoms with Gasteiger partial charge in [0.05, 0.1) is 7.11 Å². The maximum Gasteiger partial charge on any atom is 0.262 e. The lowest BCUT2D eigenvalue weighted by molar-refractivity contribution is -0.117. The molecule has 3 aromatic rings. The third-order valence-corrected chi connectivity index (χ3v) is 4.56. The van der Waals surface area contributed by atoms with Gasteiger partial charge in [0.15, 0.2) is 0 Å². The summed E-state index contributed by atoms with van der Waals surface area (Å²) in [5.74, 6) is 0.411. The Morgan fingerprint density at radius 3 is 2.55 bits per heavy atom. The van der Waals surface area contributed by atoms with Crippen molar-refractivity contribution in [3.05, 3.63) is 89.8 Å². The first-order valence-corrected chi connectivity index (χ1v) is 9.47. The fraction of sp³-hybridized carbons (Fsp3) is 0.167. The van der Waals surface area contributed by atoms with Crippen LogP contribution < -0.4 is 10.1 Å². The van der Waals surface area contributed by atoms with Crippen LogP contribution in [0.1, 0.15) is 17.7 Å². The van der Waals surface area contributed by atoms with Gasteiger partial charge in [0, 0.05) is 24.1 Å². The summed E-state index contributed by atoms with van der Waals surface area (Å²) in [4.78, 5) is 12.4. The second kappa shape index (κ2) is 9.95. The van der Waals surface area contributed by atoms with Gasteiger partial charge in [-0.1, -0.05) is 30.3 Å². The van der Waals surface area contributed by atoms with E-state index in [4.69, 9.17) is 4.74 Å². The van der Waals surface area contributed by atoms with Gasteiger partial charge in [0.1, 0.15) is 17.4 Å². The van der Waals surface area contributed by atoms with Crippen molar-refractivity contribution < 1.29 is 9.53 Å². The van der Waals surface area contributed by atoms with Crippen molar-refractivity contribution in [1.82, 2.24) is 9.88 Å². The van der Waals surface area contributed by atoms with Crippen LogP contribution in [0.2, 0.25) is 0 Å². The van der Waals surface area contributed by atoms with Crippen molar-refractivity contribution in [2.75, 3.05) is 13.7 Å². The number of carbonyl (C=O) groups excluding carboxylic acids is 1. The van der Waals surface area contributed by atoms with Crippen LogP contribution in [0.25, 0.3) is 11.8 Å². The van der Waals surface area contributed by atoms with Crippen molar-refractivity contribution in [2.24, 2.45) is 0 Å². The largest absolute Gasteiger partial charge is 0.497 e. The molecule has 0 fully saturated rings. The summed E-state index contributed by atoms with van der Waals surface area (Å²) < 4.78 is 7.10. The highest BCUT2D eigenvalue weighted by Gasteiger charge is 2.10. The molecule has 0 atom stereocenters. The minimum Gasteiger partial charge on any atom is -0.497 e. The lowest BCUT2D eigenvalue weighted by Crippen LogP contribution is -2.26. The SMILES string of the molecule is COc1ccc(-n2cccc2/C=C(/C#N)C(=O)NCCCc2ccccc2)cc1. The first-order chi connectivity index (χ1) is 14.2. The fourth-order valence-electron chi connectivity index (χ4n) is 3.02. The van der Waals surface area contributed by atoms with Crippen LogP contribution in [-0.4, -0.2) is 24.1 Å². The molecule has 0 saturated heterocycles. The molecule has 3 rings (SSSR count). The molecule has 0 aliphatic rings. The first kappa shape index (κ1) is 20.0. The molecule has 1 amide bonds. The van der Waals surface area contributed by atoms with E-state index >= 15 is 0 Å². The minimum absolute atomic E-state index is 0.0816. The van der Waals surface area contributed by atoms with Gasteiger partial charge in [-0.15, -0.1) is 0 Å². The van der Waals surface area contributed by atoms with Crippen molar-refractivity contribution in [1.29, 1.82) is 5.26 Å². The van der Waals surface area contributed by atoms with E-state index in [-0.39, 0.29) is 11.5 Å². The molecule has 0 aliphatic heterocycles. The van der Waals surface area contributed by atoms with E-state index in [9.17, 15) is 10.1 Å². The van der Waals surface area contributed by atoms with E-state index < -0.39 is 0 Å². The highest BCUT2D eigenvalue weighted by Crippen LogP contribution is 2.19. The average molecular weight is 385 g/mol. The lowest BCUT2D eigenvalue weighted by atomic mass is 10.1. The molecule has 146 valence electrons. The summed E-state index contributed by atoms with van der Waals surface area (Å²) in [5, 5.41) is 12.3. The number of nitrogens with one attached hydrogen (secondary N) is 1. The van der Waals surface area contributed by atoms with E-state index in [2.05, 4.69) is 17.4 Å². The van der Waals surface area contributed by atoms with Crippen LogP contribution in [0.4, 0.5) is 0 Å². The Morgan fingerprint density at radius 1 is 1.10 bits per heavy atom. The normalized spacial score (nSPS) is 11.0. The Bertz CT molecular complexity index is 1010. The van der Waals surface area contributed by atoms with Crippen molar-refractivity contribution in [2.45, 2.75) is 12.8 Å². The van der Waals surface area contributed by atoms with E-state index in [1.807, 2.05) is 71.4 Å². The number of nitriles is 1. The zero-order valence-electron chi connectivity index (χ0n) is 16.3. The third kappa shape index (κ3) is 5.36. The zero-order valence-corrected chi connectivity index (χ0v) is 16.3. The lowest BCUT2D eigenvalue weighted by Gasteiger charge is -2.09. The number of carbonyl (C=O) groups is 1. The van der Waals surface area contributed by atoms with Gasteiger partial charge in [-0.05, 0) is 60.9 Å². The minimum atomic E-state index is -0.358. The maximum absolute atomic E-state index is 12.4. The second-order valence-corrected chi connectivity index (χ2v) is 6.52. The molecule has 29 heavy (non-hydrogen) atoms. The molecule has 0 radical (unpaired) electrons. The molecule has 0 spiro atoms. The molecule has 2 aromatic carbocycles. The number of benzene rings is 2. The highest BCUT2D eigenvalue weighted by molar-refractivity contribution is 6.01. The number of hydrogen-bond acceptors (Lipinski definition) is 3. The molecule has 5 heteroatoms. The summed E-state index contributed by atoms with van der Waals surface area (Å²) in [6, 6.07) is 23.5. The van der Waals surface area contributed by atoms with E-state index in [0.29, 0.717) is 6.54 Å². The number of amides is 1. The van der Waals surface area contributed by atoms with Gasteiger partial charge in [0.2, 0.25) is 0 Å². The quantitative estimate of drug-likeness (QED) is 0.360. The number of hydrogen-bond donors (Lipinski definition) is 1. The van der Waals surface area contributed by atoms with Crippen LogP contribution in [0, 0.1) is 11.3 Å². The van der Waals surface area contributed by atoms with Gasteiger partial charge in [-0.2, -0.15) is 5.26 Å². The Kier molecular flexibility index (Phi) is 6.85. The predicted octanol–water partition coefficient (Wildman–Crippen LogP) is 4.14. The Labute approximate surface area is 170 Å².